The van der Waals surface area contributed by atoms with E-state index in [1.165, 1.54) is 6.42 Å². The Kier molecular flexibility index (Phi) is 4.30. The van der Waals surface area contributed by atoms with Crippen LogP contribution in [0.5, 0.6) is 0 Å². The molecule has 1 amide bonds. The number of benzene rings is 1. The van der Waals surface area contributed by atoms with Crippen molar-refractivity contribution in [2.75, 3.05) is 16.3 Å². The number of carbonyl (C=O) groups excluding carboxylic acids is 1. The van der Waals surface area contributed by atoms with E-state index in [1.807, 2.05) is 34.1 Å². The topological polar surface area (TPSA) is 100 Å². The molecular weight excluding hydrogens is 328 g/mol. The summed E-state index contributed by atoms with van der Waals surface area (Å²) in [7, 11) is 0. The molecule has 0 unspecified atom stereocenters. The first-order valence-electron chi connectivity index (χ1n) is 9.49. The summed E-state index contributed by atoms with van der Waals surface area (Å²) in [5.74, 6) is 0.813. The van der Waals surface area contributed by atoms with Gasteiger partial charge in [0.25, 0.3) is 0 Å². The van der Waals surface area contributed by atoms with Gasteiger partial charge in [-0.15, -0.1) is 0 Å². The number of guanidine groups is 2. The van der Waals surface area contributed by atoms with Crippen molar-refractivity contribution in [2.45, 2.75) is 57.0 Å². The van der Waals surface area contributed by atoms with Gasteiger partial charge in [0.05, 0.1) is 0 Å². The number of nitrogens with two attached hydrogens (primary N) is 2. The molecule has 1 saturated heterocycles. The van der Waals surface area contributed by atoms with Crippen molar-refractivity contribution in [3.63, 3.8) is 0 Å². The van der Waals surface area contributed by atoms with Crippen molar-refractivity contribution >= 4 is 29.2 Å². The van der Waals surface area contributed by atoms with Crippen molar-refractivity contribution in [3.8, 4) is 0 Å². The minimum atomic E-state index is -0.460. The van der Waals surface area contributed by atoms with Crippen molar-refractivity contribution in [3.05, 3.63) is 24.3 Å². The monoisotopic (exact) mass is 354 g/mol. The highest BCUT2D eigenvalue weighted by Crippen LogP contribution is 2.40. The van der Waals surface area contributed by atoms with Gasteiger partial charge in [0.1, 0.15) is 5.66 Å². The number of hydrogen-bond acceptors (Lipinski definition) is 6. The van der Waals surface area contributed by atoms with Gasteiger partial charge in [-0.05, 0) is 56.7 Å². The summed E-state index contributed by atoms with van der Waals surface area (Å²) in [5.41, 5.74) is 13.6. The van der Waals surface area contributed by atoms with Crippen LogP contribution in [-0.2, 0) is 4.79 Å². The molecule has 7 heteroatoms. The van der Waals surface area contributed by atoms with Crippen LogP contribution in [-0.4, -0.2) is 30.0 Å². The molecule has 0 radical (unpaired) electrons. The maximum absolute atomic E-state index is 12.3. The van der Waals surface area contributed by atoms with Crippen LogP contribution >= 0.6 is 0 Å². The Morgan fingerprint density at radius 2 is 1.77 bits per heavy atom. The molecule has 2 aliphatic heterocycles. The Bertz CT molecular complexity index is 765. The predicted octanol–water partition coefficient (Wildman–Crippen LogP) is 2.31. The molecule has 1 spiro atoms. The van der Waals surface area contributed by atoms with Gasteiger partial charge in [-0.1, -0.05) is 12.5 Å². The third-order valence-corrected chi connectivity index (χ3v) is 5.57. The smallest absolute Gasteiger partial charge is 0.226 e. The van der Waals surface area contributed by atoms with E-state index in [-0.39, 0.29) is 11.9 Å². The number of aliphatic imine (C=N–C) groups is 2. The zero-order valence-electron chi connectivity index (χ0n) is 15.0. The van der Waals surface area contributed by atoms with Crippen LogP contribution in [0, 0.1) is 0 Å². The highest BCUT2D eigenvalue weighted by molar-refractivity contribution is 6.06. The summed E-state index contributed by atoms with van der Waals surface area (Å²) in [4.78, 5) is 25.1. The molecule has 4 N–H and O–H groups in total. The third kappa shape index (κ3) is 2.91. The van der Waals surface area contributed by atoms with E-state index in [2.05, 4.69) is 4.99 Å². The highest BCUT2D eigenvalue weighted by atomic mass is 16.2. The molecule has 0 atom stereocenters. The SMILES string of the molecule is NC1=NC2(CCCCC2)N(c2cccc(N3CCCCC3=O)c2)C(N)=N1. The van der Waals surface area contributed by atoms with Gasteiger partial charge in [-0.25, -0.2) is 4.99 Å². The minimum absolute atomic E-state index is 0.184. The van der Waals surface area contributed by atoms with E-state index in [0.717, 1.165) is 56.4 Å². The van der Waals surface area contributed by atoms with E-state index in [4.69, 9.17) is 16.5 Å². The molecule has 1 saturated carbocycles. The molecule has 0 aromatic heterocycles. The highest BCUT2D eigenvalue weighted by Gasteiger charge is 2.42. The average Bonchev–Trinajstić information content (AvgIpc) is 2.62. The van der Waals surface area contributed by atoms with Gasteiger partial charge in [0.2, 0.25) is 17.8 Å². The normalized spacial score (nSPS) is 23.0. The Morgan fingerprint density at radius 3 is 2.54 bits per heavy atom. The van der Waals surface area contributed by atoms with Gasteiger partial charge in [-0.2, -0.15) is 4.99 Å². The first-order valence-corrected chi connectivity index (χ1v) is 9.49. The number of piperidine rings is 1. The second-order valence-corrected chi connectivity index (χ2v) is 7.34. The summed E-state index contributed by atoms with van der Waals surface area (Å²) in [6.07, 6.45) is 7.79. The van der Waals surface area contributed by atoms with E-state index >= 15 is 0 Å². The van der Waals surface area contributed by atoms with Crippen LogP contribution in [0.1, 0.15) is 51.4 Å². The lowest BCUT2D eigenvalue weighted by Gasteiger charge is -2.45. The first kappa shape index (κ1) is 16.9. The zero-order chi connectivity index (χ0) is 18.1. The molecule has 2 fully saturated rings. The van der Waals surface area contributed by atoms with E-state index in [9.17, 15) is 4.79 Å². The molecule has 138 valence electrons. The Hall–Kier alpha value is -2.57. The molecule has 4 rings (SSSR count). The van der Waals surface area contributed by atoms with E-state index < -0.39 is 5.66 Å². The number of nitrogens with zero attached hydrogens (tertiary/aromatic N) is 4. The molecule has 0 bridgehead atoms. The van der Waals surface area contributed by atoms with Crippen molar-refractivity contribution < 1.29 is 4.79 Å². The number of anilines is 2. The largest absolute Gasteiger partial charge is 0.369 e. The van der Waals surface area contributed by atoms with E-state index in [1.54, 1.807) is 0 Å². The quantitative estimate of drug-likeness (QED) is 0.851. The summed E-state index contributed by atoms with van der Waals surface area (Å²) < 4.78 is 0. The molecule has 1 aromatic carbocycles. The summed E-state index contributed by atoms with van der Waals surface area (Å²) in [5, 5.41) is 0. The fourth-order valence-electron chi connectivity index (χ4n) is 4.37. The number of amides is 1. The number of hydrogen-bond donors (Lipinski definition) is 2. The van der Waals surface area contributed by atoms with Crippen LogP contribution in [0.15, 0.2) is 34.3 Å². The Balaban J connectivity index is 1.72. The third-order valence-electron chi connectivity index (χ3n) is 5.57. The lowest BCUT2D eigenvalue weighted by molar-refractivity contribution is -0.119. The standard InChI is InChI=1S/C19H26N6O/c20-17-22-18(21)25(19(23-17)10-3-1-4-11-19)15-8-6-7-14(13-15)24-12-5-2-9-16(24)26/h6-8,13H,1-5,9-12H2,(H4,20,21,22,23). The Labute approximate surface area is 153 Å². The summed E-state index contributed by atoms with van der Waals surface area (Å²) in [6, 6.07) is 7.99. The van der Waals surface area contributed by atoms with Crippen LogP contribution in [0.2, 0.25) is 0 Å². The lowest BCUT2D eigenvalue weighted by atomic mass is 9.87. The maximum atomic E-state index is 12.3. The van der Waals surface area contributed by atoms with Gasteiger partial charge in [-0.3, -0.25) is 9.69 Å². The number of carbonyl (C=O) groups is 1. The second-order valence-electron chi connectivity index (χ2n) is 7.34. The van der Waals surface area contributed by atoms with E-state index in [0.29, 0.717) is 12.4 Å². The van der Waals surface area contributed by atoms with Gasteiger partial charge in [0.15, 0.2) is 0 Å². The van der Waals surface area contributed by atoms with Crippen LogP contribution in [0.25, 0.3) is 0 Å². The van der Waals surface area contributed by atoms with Crippen molar-refractivity contribution in [1.82, 2.24) is 0 Å². The van der Waals surface area contributed by atoms with Crippen LogP contribution < -0.4 is 21.3 Å². The van der Waals surface area contributed by atoms with Gasteiger partial charge < -0.3 is 16.4 Å². The summed E-state index contributed by atoms with van der Waals surface area (Å²) in [6.45, 7) is 0.766. The minimum Gasteiger partial charge on any atom is -0.369 e. The van der Waals surface area contributed by atoms with Crippen LogP contribution in [0.3, 0.4) is 0 Å². The van der Waals surface area contributed by atoms with Crippen molar-refractivity contribution in [1.29, 1.82) is 0 Å². The van der Waals surface area contributed by atoms with Crippen LogP contribution in [0.4, 0.5) is 11.4 Å². The first-order chi connectivity index (χ1) is 12.6. The molecule has 2 heterocycles. The Morgan fingerprint density at radius 1 is 1.00 bits per heavy atom. The lowest BCUT2D eigenvalue weighted by Crippen LogP contribution is -2.58. The fraction of sp³-hybridized carbons (Fsp3) is 0.526. The molecule has 1 aromatic rings. The number of rotatable bonds is 2. The molecular formula is C19H26N6O. The van der Waals surface area contributed by atoms with Crippen molar-refractivity contribution in [2.24, 2.45) is 21.5 Å². The molecule has 3 aliphatic rings. The van der Waals surface area contributed by atoms with Gasteiger partial charge in [0, 0.05) is 24.3 Å². The second kappa shape index (κ2) is 6.63. The predicted molar refractivity (Wildman–Crippen MR) is 104 cm³/mol. The van der Waals surface area contributed by atoms with Gasteiger partial charge >= 0.3 is 0 Å². The molecule has 1 aliphatic carbocycles. The molecule has 26 heavy (non-hydrogen) atoms. The average molecular weight is 354 g/mol. The maximum Gasteiger partial charge on any atom is 0.226 e. The summed E-state index contributed by atoms with van der Waals surface area (Å²) >= 11 is 0. The fourth-order valence-corrected chi connectivity index (χ4v) is 4.37. The zero-order valence-corrected chi connectivity index (χ0v) is 15.0. The molecule has 7 nitrogen and oxygen atoms in total.